The van der Waals surface area contributed by atoms with Gasteiger partial charge in [-0.05, 0) is 48.7 Å². The lowest BCUT2D eigenvalue weighted by atomic mass is 10.2. The summed E-state index contributed by atoms with van der Waals surface area (Å²) >= 11 is 6.05. The van der Waals surface area contributed by atoms with Gasteiger partial charge in [-0.15, -0.1) is 0 Å². The van der Waals surface area contributed by atoms with Crippen LogP contribution in [-0.4, -0.2) is 31.7 Å². The summed E-state index contributed by atoms with van der Waals surface area (Å²) in [7, 11) is -3.51. The van der Waals surface area contributed by atoms with Crippen LogP contribution < -0.4 is 5.32 Å². The summed E-state index contributed by atoms with van der Waals surface area (Å²) in [6.45, 7) is 1.08. The highest BCUT2D eigenvalue weighted by Crippen LogP contribution is 2.23. The van der Waals surface area contributed by atoms with Crippen LogP contribution in [0.3, 0.4) is 0 Å². The van der Waals surface area contributed by atoms with Crippen LogP contribution >= 0.6 is 11.6 Å². The Labute approximate surface area is 158 Å². The average Bonchev–Trinajstić information content (AvgIpc) is 3.17. The largest absolute Gasteiger partial charge is 0.322 e. The number of carbonyl (C=O) groups excluding carboxylic acids is 1. The molecular weight excluding hydrogens is 372 g/mol. The van der Waals surface area contributed by atoms with Gasteiger partial charge in [-0.2, -0.15) is 4.31 Å². The van der Waals surface area contributed by atoms with Gasteiger partial charge in [0.25, 0.3) is 0 Å². The number of benzene rings is 2. The van der Waals surface area contributed by atoms with E-state index in [1.54, 1.807) is 36.4 Å². The molecule has 0 aliphatic carbocycles. The van der Waals surface area contributed by atoms with Crippen LogP contribution in [0.4, 0.5) is 5.69 Å². The third kappa shape index (κ3) is 4.33. The van der Waals surface area contributed by atoms with Gasteiger partial charge in [0.05, 0.1) is 4.90 Å². The monoisotopic (exact) mass is 390 g/mol. The van der Waals surface area contributed by atoms with Gasteiger partial charge < -0.3 is 5.32 Å². The summed E-state index contributed by atoms with van der Waals surface area (Å²) < 4.78 is 26.7. The number of rotatable bonds is 5. The average molecular weight is 391 g/mol. The van der Waals surface area contributed by atoms with Crippen LogP contribution in [0.5, 0.6) is 0 Å². The van der Waals surface area contributed by atoms with Gasteiger partial charge in [-0.1, -0.05) is 35.9 Å². The minimum absolute atomic E-state index is 0.187. The molecule has 0 spiro atoms. The van der Waals surface area contributed by atoms with Crippen molar-refractivity contribution in [2.75, 3.05) is 18.4 Å². The van der Waals surface area contributed by atoms with E-state index in [0.29, 0.717) is 23.8 Å². The molecule has 26 heavy (non-hydrogen) atoms. The highest BCUT2D eigenvalue weighted by Gasteiger charge is 2.27. The zero-order valence-corrected chi connectivity index (χ0v) is 15.6. The lowest BCUT2D eigenvalue weighted by Gasteiger charge is -2.16. The van der Waals surface area contributed by atoms with Crippen LogP contribution in [0.25, 0.3) is 6.08 Å². The maximum atomic E-state index is 12.6. The number of sulfonamides is 1. The van der Waals surface area contributed by atoms with E-state index in [4.69, 9.17) is 11.6 Å². The van der Waals surface area contributed by atoms with E-state index in [9.17, 15) is 13.2 Å². The van der Waals surface area contributed by atoms with Crippen molar-refractivity contribution >= 4 is 39.3 Å². The molecule has 1 N–H and O–H groups in total. The van der Waals surface area contributed by atoms with E-state index in [2.05, 4.69) is 5.32 Å². The Hall–Kier alpha value is -2.15. The first-order chi connectivity index (χ1) is 12.5. The van der Waals surface area contributed by atoms with Gasteiger partial charge in [0, 0.05) is 29.9 Å². The summed E-state index contributed by atoms with van der Waals surface area (Å²) in [4.78, 5) is 12.3. The quantitative estimate of drug-likeness (QED) is 0.790. The number of anilines is 1. The van der Waals surface area contributed by atoms with E-state index in [1.165, 1.54) is 16.4 Å². The van der Waals surface area contributed by atoms with E-state index in [0.717, 1.165) is 18.4 Å². The van der Waals surface area contributed by atoms with Crippen LogP contribution in [0, 0.1) is 0 Å². The van der Waals surface area contributed by atoms with Crippen molar-refractivity contribution in [2.45, 2.75) is 17.7 Å². The Morgan fingerprint density at radius 1 is 1.08 bits per heavy atom. The summed E-state index contributed by atoms with van der Waals surface area (Å²) in [5, 5.41) is 3.23. The molecule has 0 aromatic heterocycles. The molecule has 0 saturated carbocycles. The van der Waals surface area contributed by atoms with E-state index in [-0.39, 0.29) is 10.8 Å². The number of amides is 1. The van der Waals surface area contributed by atoms with Crippen molar-refractivity contribution in [3.8, 4) is 0 Å². The SMILES string of the molecule is O=C(/C=C/c1ccccc1Cl)Nc1cccc(S(=O)(=O)N2CCCC2)c1. The number of hydrogen-bond acceptors (Lipinski definition) is 3. The molecule has 2 aromatic rings. The maximum Gasteiger partial charge on any atom is 0.248 e. The Morgan fingerprint density at radius 2 is 1.81 bits per heavy atom. The molecule has 136 valence electrons. The molecule has 1 aliphatic rings. The second-order valence-corrected chi connectivity index (χ2v) is 8.33. The molecule has 1 fully saturated rings. The van der Waals surface area contributed by atoms with E-state index >= 15 is 0 Å². The molecule has 0 atom stereocenters. The van der Waals surface area contributed by atoms with Crippen molar-refractivity contribution in [3.63, 3.8) is 0 Å². The minimum Gasteiger partial charge on any atom is -0.322 e. The summed E-state index contributed by atoms with van der Waals surface area (Å²) in [6, 6.07) is 13.5. The van der Waals surface area contributed by atoms with Crippen LogP contribution in [0.1, 0.15) is 18.4 Å². The molecule has 5 nitrogen and oxygen atoms in total. The molecule has 0 radical (unpaired) electrons. The molecule has 3 rings (SSSR count). The molecule has 1 aliphatic heterocycles. The van der Waals surface area contributed by atoms with Gasteiger partial charge in [-0.3, -0.25) is 4.79 Å². The van der Waals surface area contributed by atoms with Crippen LogP contribution in [0.2, 0.25) is 5.02 Å². The van der Waals surface area contributed by atoms with E-state index < -0.39 is 10.0 Å². The molecule has 1 saturated heterocycles. The summed E-state index contributed by atoms with van der Waals surface area (Å²) in [6.07, 6.45) is 4.73. The highest BCUT2D eigenvalue weighted by atomic mass is 35.5. The van der Waals surface area contributed by atoms with Crippen molar-refractivity contribution in [1.29, 1.82) is 0 Å². The van der Waals surface area contributed by atoms with Gasteiger partial charge in [0.1, 0.15) is 0 Å². The maximum absolute atomic E-state index is 12.6. The first-order valence-electron chi connectivity index (χ1n) is 8.30. The summed E-state index contributed by atoms with van der Waals surface area (Å²) in [5.74, 6) is -0.361. The van der Waals surface area contributed by atoms with Crippen molar-refractivity contribution < 1.29 is 13.2 Å². The topological polar surface area (TPSA) is 66.5 Å². The lowest BCUT2D eigenvalue weighted by Crippen LogP contribution is -2.27. The minimum atomic E-state index is -3.51. The van der Waals surface area contributed by atoms with Crippen molar-refractivity contribution in [1.82, 2.24) is 4.31 Å². The first-order valence-corrected chi connectivity index (χ1v) is 10.1. The zero-order valence-electron chi connectivity index (χ0n) is 14.1. The lowest BCUT2D eigenvalue weighted by molar-refractivity contribution is -0.111. The standard InChI is InChI=1S/C19H19ClN2O3S/c20-18-9-2-1-6-15(18)10-11-19(23)21-16-7-5-8-17(14-16)26(24,25)22-12-3-4-13-22/h1-2,5-11,14H,3-4,12-13H2,(H,21,23)/b11-10+. The second-order valence-electron chi connectivity index (χ2n) is 5.98. The Morgan fingerprint density at radius 3 is 2.54 bits per heavy atom. The Kier molecular flexibility index (Phi) is 5.76. The van der Waals surface area contributed by atoms with Gasteiger partial charge in [-0.25, -0.2) is 8.42 Å². The van der Waals surface area contributed by atoms with Crippen molar-refractivity contribution in [3.05, 3.63) is 65.2 Å². The van der Waals surface area contributed by atoms with Gasteiger partial charge >= 0.3 is 0 Å². The smallest absolute Gasteiger partial charge is 0.248 e. The molecular formula is C19H19ClN2O3S. The number of nitrogens with one attached hydrogen (secondary N) is 1. The summed E-state index contributed by atoms with van der Waals surface area (Å²) in [5.41, 5.74) is 1.16. The molecule has 0 unspecified atom stereocenters. The fourth-order valence-corrected chi connectivity index (χ4v) is 4.53. The van der Waals surface area contributed by atoms with E-state index in [1.807, 2.05) is 12.1 Å². The number of nitrogens with zero attached hydrogens (tertiary/aromatic N) is 1. The molecule has 0 bridgehead atoms. The normalized spacial score (nSPS) is 15.4. The number of carbonyl (C=O) groups is 1. The number of halogens is 1. The third-order valence-corrected chi connectivity index (χ3v) is 6.36. The predicted molar refractivity (Wildman–Crippen MR) is 104 cm³/mol. The zero-order chi connectivity index (χ0) is 18.6. The molecule has 1 heterocycles. The van der Waals surface area contributed by atoms with Gasteiger partial charge in [0.15, 0.2) is 0 Å². The highest BCUT2D eigenvalue weighted by molar-refractivity contribution is 7.89. The van der Waals surface area contributed by atoms with Crippen LogP contribution in [-0.2, 0) is 14.8 Å². The Balaban J connectivity index is 1.72. The fraction of sp³-hybridized carbons (Fsp3) is 0.211. The second kappa shape index (κ2) is 8.03. The Bertz CT molecular complexity index is 935. The third-order valence-electron chi connectivity index (χ3n) is 4.12. The van der Waals surface area contributed by atoms with Crippen molar-refractivity contribution in [2.24, 2.45) is 0 Å². The van der Waals surface area contributed by atoms with Gasteiger partial charge in [0.2, 0.25) is 15.9 Å². The van der Waals surface area contributed by atoms with Crippen LogP contribution in [0.15, 0.2) is 59.5 Å². The predicted octanol–water partition coefficient (Wildman–Crippen LogP) is 3.78. The fourth-order valence-electron chi connectivity index (χ4n) is 2.77. The molecule has 1 amide bonds. The first kappa shape index (κ1) is 18.6. The molecule has 7 heteroatoms. The number of hydrogen-bond donors (Lipinski definition) is 1. The molecule has 2 aromatic carbocycles.